The van der Waals surface area contributed by atoms with E-state index in [1.54, 1.807) is 30.3 Å². The SMILES string of the molecule is COc1ccc(S(=O)(=O)N2CCC[C@H](C(=O)Nc3ccc(Cl)cc3Cl)C2)cc1. The molecule has 9 heteroatoms. The maximum Gasteiger partial charge on any atom is 0.243 e. The van der Waals surface area contributed by atoms with Gasteiger partial charge in [-0.1, -0.05) is 23.2 Å². The average Bonchev–Trinajstić information content (AvgIpc) is 2.70. The minimum absolute atomic E-state index is 0.116. The molecule has 28 heavy (non-hydrogen) atoms. The van der Waals surface area contributed by atoms with E-state index in [1.165, 1.54) is 23.5 Å². The highest BCUT2D eigenvalue weighted by Crippen LogP contribution is 2.28. The molecule has 1 aliphatic heterocycles. The second-order valence-corrected chi connectivity index (χ2v) is 9.27. The van der Waals surface area contributed by atoms with Gasteiger partial charge in [-0.2, -0.15) is 4.31 Å². The fraction of sp³-hybridized carbons (Fsp3) is 0.316. The van der Waals surface area contributed by atoms with Gasteiger partial charge in [0.2, 0.25) is 15.9 Å². The molecule has 1 saturated heterocycles. The summed E-state index contributed by atoms with van der Waals surface area (Å²) in [4.78, 5) is 12.8. The number of halogens is 2. The second-order valence-electron chi connectivity index (χ2n) is 6.49. The van der Waals surface area contributed by atoms with Gasteiger partial charge in [-0.3, -0.25) is 4.79 Å². The third-order valence-corrected chi connectivity index (χ3v) is 7.07. The molecule has 0 radical (unpaired) electrons. The van der Waals surface area contributed by atoms with Crippen molar-refractivity contribution in [3.05, 3.63) is 52.5 Å². The molecule has 1 fully saturated rings. The van der Waals surface area contributed by atoms with E-state index in [0.29, 0.717) is 40.9 Å². The normalized spacial score (nSPS) is 17.9. The zero-order valence-corrected chi connectivity index (χ0v) is 17.5. The minimum atomic E-state index is -3.69. The number of carbonyl (C=O) groups excluding carboxylic acids is 1. The molecule has 0 spiro atoms. The first-order valence-corrected chi connectivity index (χ1v) is 10.9. The Morgan fingerprint density at radius 2 is 1.89 bits per heavy atom. The summed E-state index contributed by atoms with van der Waals surface area (Å²) in [5, 5.41) is 3.57. The Labute approximate surface area is 174 Å². The fourth-order valence-electron chi connectivity index (χ4n) is 3.10. The molecule has 150 valence electrons. The van der Waals surface area contributed by atoms with E-state index in [2.05, 4.69) is 5.32 Å². The van der Waals surface area contributed by atoms with Crippen LogP contribution >= 0.6 is 23.2 Å². The zero-order valence-electron chi connectivity index (χ0n) is 15.2. The van der Waals surface area contributed by atoms with Crippen LogP contribution < -0.4 is 10.1 Å². The van der Waals surface area contributed by atoms with Crippen LogP contribution in [-0.2, 0) is 14.8 Å². The number of anilines is 1. The minimum Gasteiger partial charge on any atom is -0.497 e. The number of amides is 1. The van der Waals surface area contributed by atoms with Crippen molar-refractivity contribution in [2.75, 3.05) is 25.5 Å². The second kappa shape index (κ2) is 8.69. The summed E-state index contributed by atoms with van der Waals surface area (Å²) in [6, 6.07) is 11.0. The summed E-state index contributed by atoms with van der Waals surface area (Å²) in [5.74, 6) is -0.151. The first-order valence-electron chi connectivity index (χ1n) is 8.71. The van der Waals surface area contributed by atoms with Crippen LogP contribution in [0.3, 0.4) is 0 Å². The van der Waals surface area contributed by atoms with Crippen molar-refractivity contribution in [1.29, 1.82) is 0 Å². The number of benzene rings is 2. The van der Waals surface area contributed by atoms with Gasteiger partial charge in [0.05, 0.1) is 28.6 Å². The van der Waals surface area contributed by atoms with Crippen molar-refractivity contribution < 1.29 is 17.9 Å². The van der Waals surface area contributed by atoms with Gasteiger partial charge in [-0.15, -0.1) is 0 Å². The summed E-state index contributed by atoms with van der Waals surface area (Å²) in [5.41, 5.74) is 0.450. The first kappa shape index (κ1) is 20.9. The highest BCUT2D eigenvalue weighted by atomic mass is 35.5. The predicted octanol–water partition coefficient (Wildman–Crippen LogP) is 4.04. The monoisotopic (exact) mass is 442 g/mol. The van der Waals surface area contributed by atoms with Gasteiger partial charge in [-0.05, 0) is 55.3 Å². The molecule has 1 heterocycles. The molecule has 0 aliphatic carbocycles. The van der Waals surface area contributed by atoms with Crippen molar-refractivity contribution in [2.24, 2.45) is 5.92 Å². The molecule has 1 aliphatic rings. The molecule has 6 nitrogen and oxygen atoms in total. The molecular weight excluding hydrogens is 423 g/mol. The van der Waals surface area contributed by atoms with E-state index in [0.717, 1.165) is 0 Å². The molecule has 0 aromatic heterocycles. The summed E-state index contributed by atoms with van der Waals surface area (Å²) in [6.45, 7) is 0.491. The molecule has 3 rings (SSSR count). The molecule has 1 atom stereocenters. The Hall–Kier alpha value is -1.80. The highest BCUT2D eigenvalue weighted by molar-refractivity contribution is 7.89. The lowest BCUT2D eigenvalue weighted by Crippen LogP contribution is -2.43. The van der Waals surface area contributed by atoms with Crippen LogP contribution in [0.15, 0.2) is 47.4 Å². The number of hydrogen-bond acceptors (Lipinski definition) is 4. The number of piperidine rings is 1. The van der Waals surface area contributed by atoms with Gasteiger partial charge in [-0.25, -0.2) is 8.42 Å². The number of sulfonamides is 1. The Morgan fingerprint density at radius 3 is 2.54 bits per heavy atom. The quantitative estimate of drug-likeness (QED) is 0.757. The summed E-state index contributed by atoms with van der Waals surface area (Å²) >= 11 is 12.0. The summed E-state index contributed by atoms with van der Waals surface area (Å²) in [7, 11) is -2.17. The molecule has 2 aromatic rings. The van der Waals surface area contributed by atoms with E-state index in [-0.39, 0.29) is 17.3 Å². The maximum atomic E-state index is 12.9. The zero-order chi connectivity index (χ0) is 20.3. The number of nitrogens with one attached hydrogen (secondary N) is 1. The van der Waals surface area contributed by atoms with E-state index in [1.807, 2.05) is 0 Å². The van der Waals surface area contributed by atoms with Crippen LogP contribution in [0.1, 0.15) is 12.8 Å². The van der Waals surface area contributed by atoms with E-state index in [9.17, 15) is 13.2 Å². The van der Waals surface area contributed by atoms with Crippen LogP contribution in [0, 0.1) is 5.92 Å². The van der Waals surface area contributed by atoms with Gasteiger partial charge in [0.1, 0.15) is 5.75 Å². The summed E-state index contributed by atoms with van der Waals surface area (Å²) in [6.07, 6.45) is 1.20. The topological polar surface area (TPSA) is 75.7 Å². The van der Waals surface area contributed by atoms with Crippen molar-refractivity contribution in [3.8, 4) is 5.75 Å². The number of carbonyl (C=O) groups is 1. The highest BCUT2D eigenvalue weighted by Gasteiger charge is 2.33. The molecule has 2 aromatic carbocycles. The van der Waals surface area contributed by atoms with E-state index < -0.39 is 15.9 Å². The maximum absolute atomic E-state index is 12.9. The van der Waals surface area contributed by atoms with Crippen LogP contribution in [0.25, 0.3) is 0 Å². The molecular formula is C19H20Cl2N2O4S. The average molecular weight is 443 g/mol. The standard InChI is InChI=1S/C19H20Cl2N2O4S/c1-27-15-5-7-16(8-6-15)28(25,26)23-10-2-3-13(12-23)19(24)22-18-9-4-14(20)11-17(18)21/h4-9,11,13H,2-3,10,12H2,1H3,(H,22,24)/t13-/m0/s1. The first-order chi connectivity index (χ1) is 13.3. The molecule has 0 saturated carbocycles. The van der Waals surface area contributed by atoms with E-state index >= 15 is 0 Å². The third-order valence-electron chi connectivity index (χ3n) is 4.64. The number of hydrogen-bond donors (Lipinski definition) is 1. The summed E-state index contributed by atoms with van der Waals surface area (Å²) < 4.78 is 32.3. The molecule has 1 amide bonds. The Morgan fingerprint density at radius 1 is 1.18 bits per heavy atom. The Bertz CT molecular complexity index is 964. The van der Waals surface area contributed by atoms with Crippen molar-refractivity contribution in [1.82, 2.24) is 4.31 Å². The Balaban J connectivity index is 1.72. The molecule has 1 N–H and O–H groups in total. The van der Waals surface area contributed by atoms with Gasteiger partial charge in [0, 0.05) is 18.1 Å². The van der Waals surface area contributed by atoms with Crippen molar-refractivity contribution >= 4 is 44.8 Å². The lowest BCUT2D eigenvalue weighted by atomic mass is 9.99. The van der Waals surface area contributed by atoms with Gasteiger partial charge in [0.15, 0.2) is 0 Å². The van der Waals surface area contributed by atoms with Crippen LogP contribution in [0.2, 0.25) is 10.0 Å². The number of nitrogens with zero attached hydrogens (tertiary/aromatic N) is 1. The third kappa shape index (κ3) is 4.60. The van der Waals surface area contributed by atoms with Crippen LogP contribution in [-0.4, -0.2) is 38.8 Å². The number of ether oxygens (including phenoxy) is 1. The number of rotatable bonds is 5. The van der Waals surface area contributed by atoms with Gasteiger partial charge in [0.25, 0.3) is 0 Å². The predicted molar refractivity (Wildman–Crippen MR) is 110 cm³/mol. The van der Waals surface area contributed by atoms with Crippen molar-refractivity contribution in [3.63, 3.8) is 0 Å². The smallest absolute Gasteiger partial charge is 0.243 e. The number of methoxy groups -OCH3 is 1. The van der Waals surface area contributed by atoms with Crippen molar-refractivity contribution in [2.45, 2.75) is 17.7 Å². The lowest BCUT2D eigenvalue weighted by Gasteiger charge is -2.31. The van der Waals surface area contributed by atoms with Gasteiger partial charge >= 0.3 is 0 Å². The van der Waals surface area contributed by atoms with E-state index in [4.69, 9.17) is 27.9 Å². The molecule has 0 bridgehead atoms. The lowest BCUT2D eigenvalue weighted by molar-refractivity contribution is -0.120. The van der Waals surface area contributed by atoms with Gasteiger partial charge < -0.3 is 10.1 Å². The van der Waals surface area contributed by atoms with Crippen LogP contribution in [0.5, 0.6) is 5.75 Å². The fourth-order valence-corrected chi connectivity index (χ4v) is 5.08. The Kier molecular flexibility index (Phi) is 6.50. The van der Waals surface area contributed by atoms with Crippen LogP contribution in [0.4, 0.5) is 5.69 Å². The largest absolute Gasteiger partial charge is 0.497 e. The molecule has 0 unspecified atom stereocenters.